The van der Waals surface area contributed by atoms with Crippen molar-refractivity contribution in [2.24, 2.45) is 5.10 Å². The maximum absolute atomic E-state index is 11.7. The summed E-state index contributed by atoms with van der Waals surface area (Å²) in [6.45, 7) is -0.00279. The molecule has 0 spiro atoms. The molecule has 10 heteroatoms. The second kappa shape index (κ2) is 6.08. The Labute approximate surface area is 137 Å². The number of hydrogen-bond acceptors (Lipinski definition) is 7. The summed E-state index contributed by atoms with van der Waals surface area (Å²) in [5, 5.41) is 14.8. The molecule has 0 saturated carbocycles. The van der Waals surface area contributed by atoms with Gasteiger partial charge >= 0.3 is 5.91 Å². The van der Waals surface area contributed by atoms with Crippen molar-refractivity contribution in [2.75, 3.05) is 6.79 Å². The topological polar surface area (TPSA) is 116 Å². The Kier molecular flexibility index (Phi) is 3.98. The van der Waals surface area contributed by atoms with Crippen LogP contribution >= 0.6 is 15.9 Å². The van der Waals surface area contributed by atoms with E-state index in [0.29, 0.717) is 16.2 Å². The lowest BCUT2D eigenvalue weighted by molar-refractivity contribution is -0.385. The number of hydrazone groups is 1. The summed E-state index contributed by atoms with van der Waals surface area (Å²) in [6.07, 6.45) is 1.15. The number of ether oxygens (including phenoxy) is 2. The van der Waals surface area contributed by atoms with Crippen LogP contribution in [0.3, 0.4) is 0 Å². The van der Waals surface area contributed by atoms with Gasteiger partial charge in [-0.25, -0.2) is 5.43 Å². The number of fused-ring (bicyclic) bond motifs is 1. The summed E-state index contributed by atoms with van der Waals surface area (Å²) >= 11 is 3.07. The molecule has 1 aromatic carbocycles. The van der Waals surface area contributed by atoms with Crippen LogP contribution in [-0.2, 0) is 0 Å². The lowest BCUT2D eigenvalue weighted by Gasteiger charge is -2.00. The number of nitro benzene ring substituents is 1. The summed E-state index contributed by atoms with van der Waals surface area (Å²) in [7, 11) is 0. The fourth-order valence-electron chi connectivity index (χ4n) is 1.86. The molecule has 1 amide bonds. The van der Waals surface area contributed by atoms with Gasteiger partial charge in [0.1, 0.15) is 0 Å². The van der Waals surface area contributed by atoms with Crippen molar-refractivity contribution in [2.45, 2.75) is 0 Å². The van der Waals surface area contributed by atoms with E-state index in [4.69, 9.17) is 13.9 Å². The molecule has 1 aliphatic rings. The zero-order chi connectivity index (χ0) is 16.4. The van der Waals surface area contributed by atoms with Gasteiger partial charge in [-0.2, -0.15) is 5.10 Å². The predicted molar refractivity (Wildman–Crippen MR) is 80.7 cm³/mol. The van der Waals surface area contributed by atoms with E-state index < -0.39 is 10.8 Å². The number of carbonyl (C=O) groups is 1. The molecule has 1 aromatic heterocycles. The van der Waals surface area contributed by atoms with Crippen LogP contribution in [-0.4, -0.2) is 23.8 Å². The number of hydrogen-bond donors (Lipinski definition) is 1. The number of amides is 1. The number of carbonyl (C=O) groups excluding carboxylic acids is 1. The average Bonchev–Trinajstić information content (AvgIpc) is 3.14. The van der Waals surface area contributed by atoms with Crippen LogP contribution in [0.4, 0.5) is 5.69 Å². The van der Waals surface area contributed by atoms with Gasteiger partial charge in [-0.15, -0.1) is 0 Å². The zero-order valence-electron chi connectivity index (χ0n) is 11.3. The number of rotatable bonds is 4. The molecule has 0 aliphatic carbocycles. The number of benzene rings is 1. The quantitative estimate of drug-likeness (QED) is 0.493. The van der Waals surface area contributed by atoms with E-state index in [-0.39, 0.29) is 23.8 Å². The fourth-order valence-corrected chi connectivity index (χ4v) is 2.17. The molecule has 1 aliphatic heterocycles. The first-order chi connectivity index (χ1) is 11.0. The molecular formula is C13H8BrN3O6. The molecule has 2 heterocycles. The third kappa shape index (κ3) is 3.16. The van der Waals surface area contributed by atoms with Crippen molar-refractivity contribution < 1.29 is 23.6 Å². The number of nitro groups is 1. The summed E-state index contributed by atoms with van der Waals surface area (Å²) in [5.74, 6) is 0.126. The standard InChI is InChI=1S/C13H8BrN3O6/c14-12-2-1-9(23-12)13(18)16-15-5-7-3-10-11(22-6-21-10)4-8(7)17(19)20/h1-5H,6H2,(H,16,18)/b15-5+. The molecule has 0 bridgehead atoms. The van der Waals surface area contributed by atoms with Crippen molar-refractivity contribution >= 4 is 33.7 Å². The molecule has 0 unspecified atom stereocenters. The number of furan rings is 1. The molecule has 0 saturated heterocycles. The first-order valence-electron chi connectivity index (χ1n) is 6.21. The number of nitrogens with one attached hydrogen (secondary N) is 1. The summed E-state index contributed by atoms with van der Waals surface area (Å²) in [6, 6.07) is 5.67. The van der Waals surface area contributed by atoms with Gasteiger partial charge in [0.25, 0.3) is 5.69 Å². The van der Waals surface area contributed by atoms with Gasteiger partial charge in [0, 0.05) is 0 Å². The Hall–Kier alpha value is -2.88. The van der Waals surface area contributed by atoms with Crippen molar-refractivity contribution in [3.8, 4) is 11.5 Å². The van der Waals surface area contributed by atoms with Gasteiger partial charge in [0.15, 0.2) is 21.9 Å². The number of halogens is 1. The van der Waals surface area contributed by atoms with Gasteiger partial charge in [0.05, 0.1) is 22.8 Å². The van der Waals surface area contributed by atoms with Crippen LogP contribution in [0.25, 0.3) is 0 Å². The normalized spacial score (nSPS) is 12.6. The van der Waals surface area contributed by atoms with Gasteiger partial charge in [0.2, 0.25) is 6.79 Å². The van der Waals surface area contributed by atoms with E-state index in [1.165, 1.54) is 18.2 Å². The lowest BCUT2D eigenvalue weighted by atomic mass is 10.1. The van der Waals surface area contributed by atoms with Crippen LogP contribution in [0.15, 0.2) is 38.5 Å². The van der Waals surface area contributed by atoms with E-state index in [9.17, 15) is 14.9 Å². The lowest BCUT2D eigenvalue weighted by Crippen LogP contribution is -2.16. The maximum Gasteiger partial charge on any atom is 0.307 e. The molecular weight excluding hydrogens is 374 g/mol. The van der Waals surface area contributed by atoms with E-state index in [2.05, 4.69) is 26.5 Å². The van der Waals surface area contributed by atoms with Crippen LogP contribution in [0.5, 0.6) is 11.5 Å². The van der Waals surface area contributed by atoms with Crippen molar-refractivity contribution in [3.63, 3.8) is 0 Å². The third-order valence-corrected chi connectivity index (χ3v) is 3.31. The molecule has 9 nitrogen and oxygen atoms in total. The van der Waals surface area contributed by atoms with Crippen molar-refractivity contribution in [1.29, 1.82) is 0 Å². The van der Waals surface area contributed by atoms with Crippen LogP contribution in [0, 0.1) is 10.1 Å². The Bertz CT molecular complexity index is 816. The third-order valence-electron chi connectivity index (χ3n) is 2.89. The summed E-state index contributed by atoms with van der Waals surface area (Å²) < 4.78 is 15.7. The zero-order valence-corrected chi connectivity index (χ0v) is 12.9. The monoisotopic (exact) mass is 381 g/mol. The minimum absolute atomic E-state index is 0.00279. The molecule has 3 rings (SSSR count). The van der Waals surface area contributed by atoms with Gasteiger partial charge in [-0.05, 0) is 34.1 Å². The highest BCUT2D eigenvalue weighted by atomic mass is 79.9. The van der Waals surface area contributed by atoms with Gasteiger partial charge in [-0.1, -0.05) is 0 Å². The minimum Gasteiger partial charge on any atom is -0.454 e. The Morgan fingerprint density at radius 2 is 2.09 bits per heavy atom. The largest absolute Gasteiger partial charge is 0.454 e. The van der Waals surface area contributed by atoms with Crippen molar-refractivity contribution in [3.05, 3.63) is 50.4 Å². The van der Waals surface area contributed by atoms with E-state index in [1.807, 2.05) is 0 Å². The van der Waals surface area contributed by atoms with E-state index >= 15 is 0 Å². The molecule has 1 N–H and O–H groups in total. The predicted octanol–water partition coefficient (Wildman–Crippen LogP) is 2.44. The number of nitrogens with zero attached hydrogens (tertiary/aromatic N) is 2. The summed E-state index contributed by atoms with van der Waals surface area (Å²) in [5.41, 5.74) is 2.17. The Morgan fingerprint density at radius 1 is 1.35 bits per heavy atom. The molecule has 118 valence electrons. The first kappa shape index (κ1) is 15.0. The second-order valence-electron chi connectivity index (χ2n) is 4.32. The fraction of sp³-hybridized carbons (Fsp3) is 0.0769. The maximum atomic E-state index is 11.7. The summed E-state index contributed by atoms with van der Waals surface area (Å²) in [4.78, 5) is 22.2. The average molecular weight is 382 g/mol. The Morgan fingerprint density at radius 3 is 2.74 bits per heavy atom. The highest BCUT2D eigenvalue weighted by Gasteiger charge is 2.22. The smallest absolute Gasteiger partial charge is 0.307 e. The molecule has 23 heavy (non-hydrogen) atoms. The second-order valence-corrected chi connectivity index (χ2v) is 5.11. The molecule has 0 atom stereocenters. The minimum atomic E-state index is -0.588. The van der Waals surface area contributed by atoms with E-state index in [0.717, 1.165) is 6.21 Å². The molecule has 2 aromatic rings. The van der Waals surface area contributed by atoms with Crippen LogP contribution in [0.1, 0.15) is 16.1 Å². The van der Waals surface area contributed by atoms with Crippen LogP contribution < -0.4 is 14.9 Å². The first-order valence-corrected chi connectivity index (χ1v) is 7.00. The van der Waals surface area contributed by atoms with E-state index in [1.54, 1.807) is 6.07 Å². The van der Waals surface area contributed by atoms with Gasteiger partial charge < -0.3 is 13.9 Å². The van der Waals surface area contributed by atoms with Crippen LogP contribution in [0.2, 0.25) is 0 Å². The molecule has 0 radical (unpaired) electrons. The highest BCUT2D eigenvalue weighted by Crippen LogP contribution is 2.37. The van der Waals surface area contributed by atoms with Gasteiger partial charge in [-0.3, -0.25) is 14.9 Å². The van der Waals surface area contributed by atoms with Crippen molar-refractivity contribution in [1.82, 2.24) is 5.43 Å². The molecule has 0 fully saturated rings. The SMILES string of the molecule is O=C(N/N=C/c1cc2c(cc1[N+](=O)[O-])OCO2)c1ccc(Br)o1. The highest BCUT2D eigenvalue weighted by molar-refractivity contribution is 9.10. The Balaban J connectivity index is 1.79.